The van der Waals surface area contributed by atoms with Crippen LogP contribution in [0, 0.1) is 0 Å². The number of rotatable bonds is 0. The van der Waals surface area contributed by atoms with E-state index in [1.165, 1.54) is 0 Å². The Kier molecular flexibility index (Phi) is 15.6. The molecule has 4 nitrogen and oxygen atoms in total. The summed E-state index contributed by atoms with van der Waals surface area (Å²) < 4.78 is 8.88. The summed E-state index contributed by atoms with van der Waals surface area (Å²) in [5.41, 5.74) is 0. The topological polar surface area (TPSA) is 77.8 Å². The third kappa shape index (κ3) is 324. The van der Waals surface area contributed by atoms with Crippen LogP contribution in [0.15, 0.2) is 13.2 Å². The van der Waals surface area contributed by atoms with Crippen LogP contribution in [0.1, 0.15) is 0 Å². The predicted molar refractivity (Wildman–Crippen MR) is 32.7 cm³/mol. The van der Waals surface area contributed by atoms with Gasteiger partial charge in [0.1, 0.15) is 0 Å². The zero-order valence-electron chi connectivity index (χ0n) is 3.61. The number of hydrogen-bond acceptors (Lipinski definition) is 1. The first-order valence-corrected chi connectivity index (χ1v) is 2.85. The van der Waals surface area contributed by atoms with E-state index in [4.69, 9.17) is 19.2 Å². The van der Waals surface area contributed by atoms with Gasteiger partial charge in [0.05, 0.1) is 0 Å². The molecule has 46 valence electrons. The van der Waals surface area contributed by atoms with Gasteiger partial charge in [0, 0.05) is 0 Å². The van der Waals surface area contributed by atoms with Crippen molar-refractivity contribution < 1.29 is 19.2 Å². The van der Waals surface area contributed by atoms with Crippen molar-refractivity contribution in [2.75, 3.05) is 0 Å². The average molecular weight is 150 g/mol. The van der Waals surface area contributed by atoms with E-state index in [-0.39, 0.29) is 29.6 Å². The molecular formula is C2H8NaO4P. The Bertz CT molecular complexity index is 69.8. The molecule has 0 aliphatic rings. The van der Waals surface area contributed by atoms with Crippen molar-refractivity contribution in [3.05, 3.63) is 13.2 Å². The maximum absolute atomic E-state index is 8.88. The van der Waals surface area contributed by atoms with Crippen LogP contribution < -0.4 is 0 Å². The van der Waals surface area contributed by atoms with E-state index in [2.05, 4.69) is 13.2 Å². The Hall–Kier alpha value is 0.850. The van der Waals surface area contributed by atoms with Crippen LogP contribution in [-0.2, 0) is 4.57 Å². The molecule has 0 aromatic heterocycles. The number of phosphoric acid groups is 1. The van der Waals surface area contributed by atoms with Gasteiger partial charge in [-0.25, -0.2) is 4.57 Å². The molecule has 0 bridgehead atoms. The first-order valence-electron chi connectivity index (χ1n) is 1.28. The monoisotopic (exact) mass is 150 g/mol. The molecule has 0 unspecified atom stereocenters. The molecule has 0 heterocycles. The van der Waals surface area contributed by atoms with Gasteiger partial charge in [-0.2, -0.15) is 0 Å². The third-order valence-electron chi connectivity index (χ3n) is 0. The fraction of sp³-hybridized carbons (Fsp3) is 0. The van der Waals surface area contributed by atoms with Gasteiger partial charge in [-0.05, 0) is 0 Å². The minimum absolute atomic E-state index is 0. The summed E-state index contributed by atoms with van der Waals surface area (Å²) in [4.78, 5) is 21.6. The maximum atomic E-state index is 8.88. The fourth-order valence-corrected chi connectivity index (χ4v) is 0. The van der Waals surface area contributed by atoms with Gasteiger partial charge in [-0.15, -0.1) is 13.2 Å². The molecule has 0 amide bonds. The molecule has 3 N–H and O–H groups in total. The van der Waals surface area contributed by atoms with Crippen molar-refractivity contribution in [2.24, 2.45) is 0 Å². The summed E-state index contributed by atoms with van der Waals surface area (Å²) in [7, 11) is -4.64. The van der Waals surface area contributed by atoms with Crippen LogP contribution in [0.5, 0.6) is 0 Å². The van der Waals surface area contributed by atoms with E-state index >= 15 is 0 Å². The zero-order valence-corrected chi connectivity index (χ0v) is 4.51. The second kappa shape index (κ2) is 7.85. The summed E-state index contributed by atoms with van der Waals surface area (Å²) in [6.07, 6.45) is 0. The normalized spacial score (nSPS) is 7.88. The summed E-state index contributed by atoms with van der Waals surface area (Å²) in [5.74, 6) is 0. The summed E-state index contributed by atoms with van der Waals surface area (Å²) in [6.45, 7) is 6.00. The molecule has 0 radical (unpaired) electrons. The molecule has 0 aromatic carbocycles. The van der Waals surface area contributed by atoms with E-state index in [0.29, 0.717) is 0 Å². The van der Waals surface area contributed by atoms with Gasteiger partial charge in [0.25, 0.3) is 0 Å². The Balaban J connectivity index is -0.0000000750. The van der Waals surface area contributed by atoms with Gasteiger partial charge in [0.15, 0.2) is 0 Å². The van der Waals surface area contributed by atoms with E-state index in [9.17, 15) is 0 Å². The molecule has 0 fully saturated rings. The molecule has 0 atom stereocenters. The Morgan fingerprint density at radius 2 is 1.12 bits per heavy atom. The van der Waals surface area contributed by atoms with Gasteiger partial charge in [-0.3, -0.25) is 0 Å². The SMILES string of the molecule is C=C.O=P(O)(O)O.[NaH]. The van der Waals surface area contributed by atoms with Crippen LogP contribution in [0.4, 0.5) is 0 Å². The van der Waals surface area contributed by atoms with Gasteiger partial charge in [-0.1, -0.05) is 0 Å². The van der Waals surface area contributed by atoms with Crippen LogP contribution in [0.2, 0.25) is 0 Å². The molecule has 8 heavy (non-hydrogen) atoms. The molecule has 0 aromatic rings. The molecule has 0 saturated heterocycles. The van der Waals surface area contributed by atoms with Crippen molar-refractivity contribution in [3.8, 4) is 0 Å². The first-order chi connectivity index (χ1) is 3.00. The fourth-order valence-electron chi connectivity index (χ4n) is 0. The molecule has 0 aliphatic heterocycles. The molecule has 6 heteroatoms. The molecular weight excluding hydrogens is 142 g/mol. The average Bonchev–Trinajstić information content (AvgIpc) is 1.36. The van der Waals surface area contributed by atoms with Crippen LogP contribution >= 0.6 is 7.82 Å². The van der Waals surface area contributed by atoms with Gasteiger partial charge in [0.2, 0.25) is 0 Å². The van der Waals surface area contributed by atoms with Crippen molar-refractivity contribution in [1.29, 1.82) is 0 Å². The molecule has 0 rings (SSSR count). The second-order valence-corrected chi connectivity index (χ2v) is 1.54. The first kappa shape index (κ1) is 15.9. The summed E-state index contributed by atoms with van der Waals surface area (Å²) in [5, 5.41) is 0. The van der Waals surface area contributed by atoms with E-state index in [1.54, 1.807) is 0 Å². The Morgan fingerprint density at radius 3 is 1.12 bits per heavy atom. The second-order valence-electron chi connectivity index (χ2n) is 0.513. The summed E-state index contributed by atoms with van der Waals surface area (Å²) in [6, 6.07) is 0. The van der Waals surface area contributed by atoms with E-state index in [0.717, 1.165) is 0 Å². The summed E-state index contributed by atoms with van der Waals surface area (Å²) >= 11 is 0. The zero-order chi connectivity index (χ0) is 6.50. The molecule has 0 spiro atoms. The van der Waals surface area contributed by atoms with Crippen LogP contribution in [0.3, 0.4) is 0 Å². The minimum atomic E-state index is -4.64. The van der Waals surface area contributed by atoms with Gasteiger partial charge < -0.3 is 14.7 Å². The Morgan fingerprint density at radius 1 is 1.12 bits per heavy atom. The standard InChI is InChI=1S/C2H4.Na.H3O4P.H/c1-2;;1-5(2,3)4;/h1-2H2;;(H3,1,2,3,4);. The third-order valence-corrected chi connectivity index (χ3v) is 0. The Labute approximate surface area is 69.8 Å². The predicted octanol–water partition coefficient (Wildman–Crippen LogP) is -0.775. The van der Waals surface area contributed by atoms with Crippen molar-refractivity contribution >= 4 is 37.4 Å². The van der Waals surface area contributed by atoms with Crippen LogP contribution in [-0.4, -0.2) is 44.2 Å². The van der Waals surface area contributed by atoms with E-state index in [1.807, 2.05) is 0 Å². The quantitative estimate of drug-likeness (QED) is 0.240. The van der Waals surface area contributed by atoms with E-state index < -0.39 is 7.82 Å². The molecule has 0 saturated carbocycles. The van der Waals surface area contributed by atoms with Crippen molar-refractivity contribution in [2.45, 2.75) is 0 Å². The van der Waals surface area contributed by atoms with Gasteiger partial charge >= 0.3 is 37.4 Å². The molecule has 0 aliphatic carbocycles. The van der Waals surface area contributed by atoms with Crippen molar-refractivity contribution in [1.82, 2.24) is 0 Å². The number of hydrogen-bond donors (Lipinski definition) is 3. The van der Waals surface area contributed by atoms with Crippen molar-refractivity contribution in [3.63, 3.8) is 0 Å². The van der Waals surface area contributed by atoms with Crippen LogP contribution in [0.25, 0.3) is 0 Å².